The van der Waals surface area contributed by atoms with Gasteiger partial charge in [-0.3, -0.25) is 4.79 Å². The Bertz CT molecular complexity index is 497. The summed E-state index contributed by atoms with van der Waals surface area (Å²) < 4.78 is 6.24. The molecule has 6 heteroatoms. The van der Waals surface area contributed by atoms with E-state index in [2.05, 4.69) is 48.5 Å². The van der Waals surface area contributed by atoms with Crippen LogP contribution in [0, 0.1) is 0 Å². The second-order valence-corrected chi connectivity index (χ2v) is 5.90. The Labute approximate surface area is 134 Å². The topological polar surface area (TPSA) is 55.4 Å². The Balaban J connectivity index is 2.83. The van der Waals surface area contributed by atoms with Crippen molar-refractivity contribution in [2.45, 2.75) is 18.9 Å². The maximum absolute atomic E-state index is 12.2. The van der Waals surface area contributed by atoms with Crippen LogP contribution in [-0.4, -0.2) is 25.0 Å². The first kappa shape index (κ1) is 16.9. The van der Waals surface area contributed by atoms with Crippen molar-refractivity contribution in [1.29, 1.82) is 0 Å². The zero-order valence-electron chi connectivity index (χ0n) is 11.0. The van der Waals surface area contributed by atoms with Gasteiger partial charge in [-0.2, -0.15) is 0 Å². The minimum Gasteiger partial charge on any atom is -0.467 e. The first-order valence-corrected chi connectivity index (χ1v) is 7.52. The van der Waals surface area contributed by atoms with Crippen LogP contribution in [0.5, 0.6) is 0 Å². The third-order valence-electron chi connectivity index (χ3n) is 2.58. The monoisotopic (exact) mass is 403 g/mol. The van der Waals surface area contributed by atoms with E-state index in [1.807, 2.05) is 6.07 Å². The third-order valence-corrected chi connectivity index (χ3v) is 3.49. The second-order valence-electron chi connectivity index (χ2n) is 4.07. The van der Waals surface area contributed by atoms with Crippen LogP contribution in [0.25, 0.3) is 0 Å². The minimum absolute atomic E-state index is 0.327. The standard InChI is InChI=1S/C14H15Br2NO3/c1-3-4-5-12(14(19)20-2)17-13(18)9-6-10(15)8-11(16)7-9/h3,6-8,12H,1,4-5H2,2H3,(H,17,18)/t12-/m1/s1. The molecule has 20 heavy (non-hydrogen) atoms. The highest BCUT2D eigenvalue weighted by Gasteiger charge is 2.21. The van der Waals surface area contributed by atoms with Gasteiger partial charge in [0.05, 0.1) is 7.11 Å². The Morgan fingerprint density at radius 3 is 2.45 bits per heavy atom. The van der Waals surface area contributed by atoms with Gasteiger partial charge >= 0.3 is 5.97 Å². The van der Waals surface area contributed by atoms with E-state index in [9.17, 15) is 9.59 Å². The van der Waals surface area contributed by atoms with Crippen molar-refractivity contribution in [3.63, 3.8) is 0 Å². The average molecular weight is 405 g/mol. The van der Waals surface area contributed by atoms with Gasteiger partial charge < -0.3 is 10.1 Å². The first-order valence-electron chi connectivity index (χ1n) is 5.93. The van der Waals surface area contributed by atoms with Crippen molar-refractivity contribution in [3.05, 3.63) is 45.4 Å². The zero-order chi connectivity index (χ0) is 15.1. The largest absolute Gasteiger partial charge is 0.467 e. The number of nitrogens with one attached hydrogen (secondary N) is 1. The molecule has 0 unspecified atom stereocenters. The highest BCUT2D eigenvalue weighted by Crippen LogP contribution is 2.20. The number of ether oxygens (including phenoxy) is 1. The molecule has 1 aromatic rings. The summed E-state index contributed by atoms with van der Waals surface area (Å²) in [6, 6.07) is 4.51. The van der Waals surface area contributed by atoms with E-state index < -0.39 is 12.0 Å². The fourth-order valence-electron chi connectivity index (χ4n) is 1.60. The number of allylic oxidation sites excluding steroid dienone is 1. The van der Waals surface area contributed by atoms with Gasteiger partial charge in [0.2, 0.25) is 0 Å². The summed E-state index contributed by atoms with van der Waals surface area (Å²) >= 11 is 6.63. The SMILES string of the molecule is C=CCC[C@@H](NC(=O)c1cc(Br)cc(Br)c1)C(=O)OC. The summed E-state index contributed by atoms with van der Waals surface area (Å²) in [5, 5.41) is 2.67. The number of benzene rings is 1. The molecule has 0 aromatic heterocycles. The zero-order valence-corrected chi connectivity index (χ0v) is 14.2. The molecular weight excluding hydrogens is 390 g/mol. The molecular formula is C14H15Br2NO3. The van der Waals surface area contributed by atoms with Gasteiger partial charge in [0.1, 0.15) is 6.04 Å². The molecule has 0 radical (unpaired) electrons. The van der Waals surface area contributed by atoms with E-state index in [1.165, 1.54) is 7.11 Å². The van der Waals surface area contributed by atoms with Crippen molar-refractivity contribution in [3.8, 4) is 0 Å². The Morgan fingerprint density at radius 1 is 1.35 bits per heavy atom. The van der Waals surface area contributed by atoms with Crippen LogP contribution in [0.2, 0.25) is 0 Å². The lowest BCUT2D eigenvalue weighted by atomic mass is 10.1. The molecule has 0 bridgehead atoms. The van der Waals surface area contributed by atoms with Crippen molar-refractivity contribution in [1.82, 2.24) is 5.32 Å². The maximum Gasteiger partial charge on any atom is 0.328 e. The summed E-state index contributed by atoms with van der Waals surface area (Å²) in [7, 11) is 1.30. The molecule has 0 heterocycles. The first-order chi connectivity index (χ1) is 9.47. The van der Waals surface area contributed by atoms with Crippen LogP contribution in [0.1, 0.15) is 23.2 Å². The fraction of sp³-hybridized carbons (Fsp3) is 0.286. The summed E-state index contributed by atoms with van der Waals surface area (Å²) in [6.07, 6.45) is 2.76. The van der Waals surface area contributed by atoms with E-state index >= 15 is 0 Å². The molecule has 1 N–H and O–H groups in total. The van der Waals surface area contributed by atoms with Crippen LogP contribution >= 0.6 is 31.9 Å². The highest BCUT2D eigenvalue weighted by molar-refractivity contribution is 9.11. The van der Waals surface area contributed by atoms with Crippen molar-refractivity contribution in [2.24, 2.45) is 0 Å². The Kier molecular flexibility index (Phi) is 6.95. The highest BCUT2D eigenvalue weighted by atomic mass is 79.9. The number of carbonyl (C=O) groups excluding carboxylic acids is 2. The van der Waals surface area contributed by atoms with Gasteiger partial charge in [0.25, 0.3) is 5.91 Å². The molecule has 0 aliphatic heterocycles. The quantitative estimate of drug-likeness (QED) is 0.583. The summed E-state index contributed by atoms with van der Waals surface area (Å²) in [4.78, 5) is 23.8. The lowest BCUT2D eigenvalue weighted by Crippen LogP contribution is -2.41. The number of halogens is 2. The van der Waals surface area contributed by atoms with Crippen LogP contribution in [0.4, 0.5) is 0 Å². The van der Waals surface area contributed by atoms with Gasteiger partial charge in [-0.05, 0) is 31.0 Å². The van der Waals surface area contributed by atoms with Gasteiger partial charge in [0, 0.05) is 14.5 Å². The number of hydrogen-bond donors (Lipinski definition) is 1. The smallest absolute Gasteiger partial charge is 0.328 e. The molecule has 1 rings (SSSR count). The van der Waals surface area contributed by atoms with Gasteiger partial charge in [0.15, 0.2) is 0 Å². The minimum atomic E-state index is -0.678. The van der Waals surface area contributed by atoms with Crippen molar-refractivity contribution in [2.75, 3.05) is 7.11 Å². The molecule has 0 saturated heterocycles. The normalized spacial score (nSPS) is 11.6. The number of amides is 1. The molecule has 0 saturated carbocycles. The molecule has 1 amide bonds. The number of hydrogen-bond acceptors (Lipinski definition) is 3. The van der Waals surface area contributed by atoms with Crippen molar-refractivity contribution < 1.29 is 14.3 Å². The molecule has 0 fully saturated rings. The van der Waals surface area contributed by atoms with Gasteiger partial charge in [-0.25, -0.2) is 4.79 Å². The molecule has 1 atom stereocenters. The maximum atomic E-state index is 12.2. The molecule has 0 spiro atoms. The molecule has 1 aromatic carbocycles. The second kappa shape index (κ2) is 8.21. The van der Waals surface area contributed by atoms with E-state index in [4.69, 9.17) is 0 Å². The Morgan fingerprint density at radius 2 is 1.95 bits per heavy atom. The van der Waals surface area contributed by atoms with Crippen molar-refractivity contribution >= 4 is 43.7 Å². The predicted molar refractivity (Wildman–Crippen MR) is 84.5 cm³/mol. The molecule has 4 nitrogen and oxygen atoms in total. The number of esters is 1. The number of carbonyl (C=O) groups is 2. The third kappa shape index (κ3) is 5.09. The van der Waals surface area contributed by atoms with Crippen LogP contribution < -0.4 is 5.32 Å². The lowest BCUT2D eigenvalue weighted by Gasteiger charge is -2.16. The number of methoxy groups -OCH3 is 1. The van der Waals surface area contributed by atoms with Gasteiger partial charge in [-0.1, -0.05) is 37.9 Å². The fourth-order valence-corrected chi connectivity index (χ4v) is 2.90. The van der Waals surface area contributed by atoms with E-state index in [0.29, 0.717) is 18.4 Å². The lowest BCUT2D eigenvalue weighted by molar-refractivity contribution is -0.143. The van der Waals surface area contributed by atoms with E-state index in [-0.39, 0.29) is 5.91 Å². The predicted octanol–water partition coefficient (Wildman–Crippen LogP) is 3.45. The summed E-state index contributed by atoms with van der Waals surface area (Å²) in [5.41, 5.74) is 0.457. The molecule has 108 valence electrons. The Hall–Kier alpha value is -1.14. The number of rotatable bonds is 6. The summed E-state index contributed by atoms with van der Waals surface area (Å²) in [6.45, 7) is 3.60. The summed E-state index contributed by atoms with van der Waals surface area (Å²) in [5.74, 6) is -0.791. The molecule has 0 aliphatic carbocycles. The average Bonchev–Trinajstić information content (AvgIpc) is 2.41. The van der Waals surface area contributed by atoms with Crippen LogP contribution in [0.15, 0.2) is 39.8 Å². The van der Waals surface area contributed by atoms with Crippen LogP contribution in [-0.2, 0) is 9.53 Å². The van der Waals surface area contributed by atoms with E-state index in [1.54, 1.807) is 18.2 Å². The molecule has 0 aliphatic rings. The van der Waals surface area contributed by atoms with E-state index in [0.717, 1.165) is 8.95 Å². The van der Waals surface area contributed by atoms with Gasteiger partial charge in [-0.15, -0.1) is 6.58 Å². The van der Waals surface area contributed by atoms with Crippen LogP contribution in [0.3, 0.4) is 0 Å².